The van der Waals surface area contributed by atoms with Crippen molar-refractivity contribution in [3.8, 4) is 17.2 Å². The summed E-state index contributed by atoms with van der Waals surface area (Å²) in [7, 11) is 3.21. The van der Waals surface area contributed by atoms with Crippen molar-refractivity contribution < 1.29 is 28.8 Å². The zero-order chi connectivity index (χ0) is 28.4. The van der Waals surface area contributed by atoms with Gasteiger partial charge in [0.25, 0.3) is 5.91 Å². The summed E-state index contributed by atoms with van der Waals surface area (Å²) in [5, 5.41) is 8.98. The largest absolute Gasteiger partial charge is 0.497 e. The first-order valence-corrected chi connectivity index (χ1v) is 13.0. The molecule has 0 radical (unpaired) electrons. The van der Waals surface area contributed by atoms with Crippen LogP contribution in [0.15, 0.2) is 90.4 Å². The molecular weight excluding hydrogens is 510 g/mol. The lowest BCUT2D eigenvalue weighted by Gasteiger charge is -2.29. The molecule has 1 heterocycles. The van der Waals surface area contributed by atoms with Crippen molar-refractivity contribution in [1.82, 2.24) is 10.9 Å². The van der Waals surface area contributed by atoms with Crippen LogP contribution in [0.4, 0.5) is 0 Å². The maximum atomic E-state index is 13.9. The Morgan fingerprint density at radius 2 is 1.77 bits per heavy atom. The fraction of sp³-hybridized carbons (Fsp3) is 0.290. The molecule has 3 aromatic carbocycles. The van der Waals surface area contributed by atoms with Crippen LogP contribution < -0.4 is 25.1 Å². The third-order valence-corrected chi connectivity index (χ3v) is 6.54. The highest BCUT2D eigenvalue weighted by Gasteiger charge is 2.52. The zero-order valence-corrected chi connectivity index (χ0v) is 22.8. The first-order chi connectivity index (χ1) is 19.5. The van der Waals surface area contributed by atoms with E-state index in [1.165, 1.54) is 0 Å². The lowest BCUT2D eigenvalue weighted by Crippen LogP contribution is -2.52. The van der Waals surface area contributed by atoms with E-state index in [1.807, 2.05) is 72.8 Å². The summed E-state index contributed by atoms with van der Waals surface area (Å²) in [6, 6.07) is 22.3. The second-order valence-corrected chi connectivity index (χ2v) is 9.21. The average Bonchev–Trinajstić information content (AvgIpc) is 3.39. The number of ether oxygens (including phenoxy) is 4. The van der Waals surface area contributed by atoms with Crippen LogP contribution >= 0.6 is 0 Å². The van der Waals surface area contributed by atoms with Crippen molar-refractivity contribution in [2.75, 3.05) is 27.4 Å². The lowest BCUT2D eigenvalue weighted by molar-refractivity contribution is -0.129. The summed E-state index contributed by atoms with van der Waals surface area (Å²) in [4.78, 5) is 18.7. The fourth-order valence-corrected chi connectivity index (χ4v) is 4.42. The van der Waals surface area contributed by atoms with Crippen LogP contribution in [-0.4, -0.2) is 49.9 Å². The van der Waals surface area contributed by atoms with E-state index >= 15 is 0 Å². The van der Waals surface area contributed by atoms with Gasteiger partial charge in [-0.05, 0) is 59.7 Å². The van der Waals surface area contributed by atoms with Crippen LogP contribution in [0.25, 0.3) is 0 Å². The van der Waals surface area contributed by atoms with Crippen molar-refractivity contribution in [1.29, 1.82) is 0 Å². The number of nitrogens with zero attached hydrogens (tertiary/aromatic N) is 1. The normalized spacial score (nSPS) is 17.9. The summed E-state index contributed by atoms with van der Waals surface area (Å²) >= 11 is 0. The Morgan fingerprint density at radius 1 is 1.05 bits per heavy atom. The second-order valence-electron chi connectivity index (χ2n) is 9.21. The SMILES string of the molecule is C=CC[C@]1(C(=O)NNCc2ccc(OC)cc2)N=C(c2ccc(OCCCO)cc2)O[C@H]1c1cccc(OC)c1. The van der Waals surface area contributed by atoms with Crippen molar-refractivity contribution in [2.24, 2.45) is 4.99 Å². The molecule has 0 saturated heterocycles. The number of hydrogen-bond donors (Lipinski definition) is 3. The number of aliphatic hydroxyl groups excluding tert-OH is 1. The van der Waals surface area contributed by atoms with E-state index in [4.69, 9.17) is 29.0 Å². The lowest BCUT2D eigenvalue weighted by atomic mass is 9.84. The van der Waals surface area contributed by atoms with Gasteiger partial charge in [-0.25, -0.2) is 10.4 Å². The van der Waals surface area contributed by atoms with Crippen molar-refractivity contribution in [3.05, 3.63) is 102 Å². The Kier molecular flexibility index (Phi) is 9.77. The molecule has 9 nitrogen and oxygen atoms in total. The molecule has 0 spiro atoms. The molecule has 0 aliphatic carbocycles. The molecule has 4 rings (SSSR count). The predicted molar refractivity (Wildman–Crippen MR) is 153 cm³/mol. The molecular formula is C31H35N3O6. The number of rotatable bonds is 14. The molecule has 3 aromatic rings. The van der Waals surface area contributed by atoms with Crippen LogP contribution in [0.1, 0.15) is 35.6 Å². The van der Waals surface area contributed by atoms with E-state index in [0.29, 0.717) is 42.5 Å². The molecule has 210 valence electrons. The molecule has 1 aliphatic rings. The fourth-order valence-electron chi connectivity index (χ4n) is 4.42. The van der Waals surface area contributed by atoms with Crippen LogP contribution in [-0.2, 0) is 16.1 Å². The van der Waals surface area contributed by atoms with E-state index in [1.54, 1.807) is 20.3 Å². The topological polar surface area (TPSA) is 111 Å². The zero-order valence-electron chi connectivity index (χ0n) is 22.8. The van der Waals surface area contributed by atoms with Gasteiger partial charge in [0.1, 0.15) is 17.2 Å². The maximum Gasteiger partial charge on any atom is 0.266 e. The van der Waals surface area contributed by atoms with E-state index in [2.05, 4.69) is 17.4 Å². The number of hydrogen-bond acceptors (Lipinski definition) is 8. The monoisotopic (exact) mass is 545 g/mol. The van der Waals surface area contributed by atoms with Gasteiger partial charge in [-0.15, -0.1) is 6.58 Å². The molecule has 1 amide bonds. The Hall–Kier alpha value is -4.34. The third kappa shape index (κ3) is 6.62. The van der Waals surface area contributed by atoms with Gasteiger partial charge in [0, 0.05) is 31.6 Å². The van der Waals surface area contributed by atoms with Gasteiger partial charge >= 0.3 is 0 Å². The highest BCUT2D eigenvalue weighted by molar-refractivity contribution is 6.01. The standard InChI is InChI=1S/C31H35N3O6/c1-4-17-31(30(36)34-32-21-22-9-13-25(37-2)14-10-22)28(24-7-5-8-27(20-24)38-3)40-29(33-31)23-11-15-26(16-12-23)39-19-6-18-35/h4-5,7-16,20,28,32,35H,1,6,17-19,21H2,2-3H3,(H,34,36)/t28-,31-/m0/s1. The summed E-state index contributed by atoms with van der Waals surface area (Å²) < 4.78 is 22.7. The number of carbonyl (C=O) groups excluding carboxylic acids is 1. The van der Waals surface area contributed by atoms with Gasteiger partial charge in [-0.3, -0.25) is 10.2 Å². The quantitative estimate of drug-likeness (QED) is 0.159. The van der Waals surface area contributed by atoms with E-state index < -0.39 is 11.6 Å². The first kappa shape index (κ1) is 28.7. The predicted octanol–water partition coefficient (Wildman–Crippen LogP) is 4.12. The maximum absolute atomic E-state index is 13.9. The van der Waals surface area contributed by atoms with Gasteiger partial charge < -0.3 is 24.1 Å². The Balaban J connectivity index is 1.61. The molecule has 2 atom stereocenters. The van der Waals surface area contributed by atoms with Crippen LogP contribution in [0.2, 0.25) is 0 Å². The number of amides is 1. The van der Waals surface area contributed by atoms with Crippen molar-refractivity contribution >= 4 is 11.8 Å². The average molecular weight is 546 g/mol. The molecule has 40 heavy (non-hydrogen) atoms. The molecule has 3 N–H and O–H groups in total. The summed E-state index contributed by atoms with van der Waals surface area (Å²) in [6.45, 7) is 4.79. The Morgan fingerprint density at radius 3 is 2.45 bits per heavy atom. The van der Waals surface area contributed by atoms with Gasteiger partial charge in [0.05, 0.1) is 20.8 Å². The molecule has 0 saturated carbocycles. The van der Waals surface area contributed by atoms with E-state index in [-0.39, 0.29) is 18.9 Å². The Labute approximate surface area is 234 Å². The number of aliphatic hydroxyl groups is 1. The number of carbonyl (C=O) groups is 1. The van der Waals surface area contributed by atoms with Crippen LogP contribution in [0.3, 0.4) is 0 Å². The van der Waals surface area contributed by atoms with Gasteiger partial charge in [-0.2, -0.15) is 0 Å². The molecule has 0 aromatic heterocycles. The van der Waals surface area contributed by atoms with Crippen molar-refractivity contribution in [2.45, 2.75) is 31.0 Å². The van der Waals surface area contributed by atoms with E-state index in [9.17, 15) is 4.79 Å². The summed E-state index contributed by atoms with van der Waals surface area (Å²) in [6.07, 6.45) is 1.71. The van der Waals surface area contributed by atoms with Gasteiger partial charge in [-0.1, -0.05) is 30.3 Å². The van der Waals surface area contributed by atoms with Crippen LogP contribution in [0, 0.1) is 0 Å². The number of methoxy groups -OCH3 is 2. The highest BCUT2D eigenvalue weighted by Crippen LogP contribution is 2.43. The van der Waals surface area contributed by atoms with Gasteiger partial charge in [0.15, 0.2) is 11.6 Å². The Bertz CT molecular complexity index is 1310. The van der Waals surface area contributed by atoms with E-state index in [0.717, 1.165) is 16.9 Å². The summed E-state index contributed by atoms with van der Waals surface area (Å²) in [5.41, 5.74) is 6.95. The number of hydrazine groups is 1. The van der Waals surface area contributed by atoms with Gasteiger partial charge in [0.2, 0.25) is 5.90 Å². The first-order valence-electron chi connectivity index (χ1n) is 13.0. The number of benzene rings is 3. The molecule has 0 unspecified atom stereocenters. The molecule has 1 aliphatic heterocycles. The highest BCUT2D eigenvalue weighted by atomic mass is 16.5. The third-order valence-electron chi connectivity index (χ3n) is 6.54. The molecule has 0 bridgehead atoms. The molecule has 0 fully saturated rings. The smallest absolute Gasteiger partial charge is 0.266 e. The molecule has 9 heteroatoms. The number of aliphatic imine (C=N–C) groups is 1. The second kappa shape index (κ2) is 13.6. The minimum atomic E-state index is -1.33. The van der Waals surface area contributed by atoms with Crippen LogP contribution in [0.5, 0.6) is 17.2 Å². The number of nitrogens with one attached hydrogen (secondary N) is 2. The minimum absolute atomic E-state index is 0.0663. The summed E-state index contributed by atoms with van der Waals surface area (Å²) in [5.74, 6) is 2.05. The minimum Gasteiger partial charge on any atom is -0.497 e. The van der Waals surface area contributed by atoms with Crippen molar-refractivity contribution in [3.63, 3.8) is 0 Å².